The average molecular weight is 397 g/mol. The van der Waals surface area contributed by atoms with Gasteiger partial charge in [0.05, 0.1) is 12.8 Å². The molecule has 0 spiro atoms. The number of benzene rings is 2. The highest BCUT2D eigenvalue weighted by atomic mass is 32.1. The second-order valence-corrected chi connectivity index (χ2v) is 6.45. The molecule has 0 unspecified atom stereocenters. The predicted octanol–water partition coefficient (Wildman–Crippen LogP) is 0.881. The molecule has 0 aliphatic carbocycles. The zero-order valence-electron chi connectivity index (χ0n) is 14.7. The van der Waals surface area contributed by atoms with Gasteiger partial charge in [-0.2, -0.15) is 9.06 Å². The van der Waals surface area contributed by atoms with E-state index in [9.17, 15) is 14.4 Å². The zero-order chi connectivity index (χ0) is 20.3. The molecule has 4 N–H and O–H groups in total. The third-order valence-electron chi connectivity index (χ3n) is 3.71. The fraction of sp³-hybridized carbons (Fsp3) is 0.0556. The Morgan fingerprint density at radius 2 is 1.57 bits per heavy atom. The monoisotopic (exact) mass is 397 g/mol. The number of hydrogen-bond acceptors (Lipinski definition) is 6. The molecule has 3 amide bonds. The minimum atomic E-state index is -0.815. The smallest absolute Gasteiger partial charge is 0.278 e. The standard InChI is InChI=1S/C18H15N5O4S/c1-27-13-8-4-11(5-9-13)17(26)21-18-14(16(20)25)22-23(28-18)12-6-2-10(3-7-12)15(19)24/h2-9H,1H3,(H2,19,24)(H2,20,25). The van der Waals surface area contributed by atoms with Gasteiger partial charge in [-0.05, 0) is 60.1 Å². The Kier molecular flexibility index (Phi) is 5.32. The quantitative estimate of drug-likeness (QED) is 0.657. The topological polar surface area (TPSA) is 143 Å². The normalized spacial score (nSPS) is 11.2. The number of ether oxygens (including phenoxy) is 1. The molecule has 1 heterocycles. The molecule has 3 rings (SSSR count). The predicted molar refractivity (Wildman–Crippen MR) is 101 cm³/mol. The number of amides is 3. The van der Waals surface area contributed by atoms with Crippen molar-refractivity contribution in [3.8, 4) is 11.4 Å². The molecule has 0 aliphatic heterocycles. The lowest BCUT2D eigenvalue weighted by Crippen LogP contribution is -2.21. The minimum absolute atomic E-state index is 0.0762. The molecule has 0 saturated carbocycles. The summed E-state index contributed by atoms with van der Waals surface area (Å²) < 4.78 is 6.51. The van der Waals surface area contributed by atoms with Crippen LogP contribution in [-0.4, -0.2) is 34.0 Å². The van der Waals surface area contributed by atoms with Crippen molar-refractivity contribution >= 4 is 29.3 Å². The van der Waals surface area contributed by atoms with Gasteiger partial charge in [0.25, 0.3) is 11.8 Å². The van der Waals surface area contributed by atoms with Gasteiger partial charge in [-0.15, -0.1) is 5.10 Å². The van der Waals surface area contributed by atoms with E-state index < -0.39 is 17.7 Å². The number of nitrogens with two attached hydrogens (primary N) is 2. The Hall–Kier alpha value is -3.79. The number of carbonyl (C=O) groups is 3. The van der Waals surface area contributed by atoms with Gasteiger partial charge < -0.3 is 16.2 Å². The molecular weight excluding hydrogens is 382 g/mol. The van der Waals surface area contributed by atoms with Gasteiger partial charge in [0.1, 0.15) is 5.75 Å². The molecular formula is C18H15N5O4S. The first-order valence-electron chi connectivity index (χ1n) is 7.93. The number of methoxy groups -OCH3 is 1. The Bertz CT molecular complexity index is 1110. The highest BCUT2D eigenvalue weighted by molar-refractivity contribution is 7.04. The maximum absolute atomic E-state index is 12.4. The van der Waals surface area contributed by atoms with Crippen molar-refractivity contribution in [1.82, 2.24) is 9.17 Å². The summed E-state index contributed by atoms with van der Waals surface area (Å²) in [5, 5.41) is 4.11. The van der Waals surface area contributed by atoms with Gasteiger partial charge in [0.2, 0.25) is 5.91 Å². The molecule has 0 saturated heterocycles. The molecule has 0 bridgehead atoms. The van der Waals surface area contributed by atoms with E-state index in [1.165, 1.54) is 23.3 Å². The summed E-state index contributed by atoms with van der Waals surface area (Å²) in [5.74, 6) is -1.33. The highest BCUT2D eigenvalue weighted by Crippen LogP contribution is 2.13. The van der Waals surface area contributed by atoms with Crippen LogP contribution < -0.4 is 20.9 Å². The Balaban J connectivity index is 2.00. The van der Waals surface area contributed by atoms with Crippen LogP contribution in [0.2, 0.25) is 0 Å². The van der Waals surface area contributed by atoms with Crippen molar-refractivity contribution in [3.63, 3.8) is 0 Å². The van der Waals surface area contributed by atoms with E-state index in [0.717, 1.165) is 11.5 Å². The fourth-order valence-corrected chi connectivity index (χ4v) is 3.13. The van der Waals surface area contributed by atoms with E-state index in [2.05, 4.69) is 10.1 Å². The summed E-state index contributed by atoms with van der Waals surface area (Å²) in [6.45, 7) is 0. The van der Waals surface area contributed by atoms with E-state index in [0.29, 0.717) is 22.6 Å². The first-order chi connectivity index (χ1) is 13.4. The van der Waals surface area contributed by atoms with Crippen LogP contribution in [0, 0.1) is 0 Å². The van der Waals surface area contributed by atoms with Crippen molar-refractivity contribution in [2.75, 3.05) is 7.11 Å². The first-order valence-corrected chi connectivity index (χ1v) is 8.70. The van der Waals surface area contributed by atoms with Crippen molar-refractivity contribution in [2.24, 2.45) is 16.5 Å². The van der Waals surface area contributed by atoms with Gasteiger partial charge in [-0.25, -0.2) is 0 Å². The molecule has 0 atom stereocenters. The van der Waals surface area contributed by atoms with Crippen molar-refractivity contribution in [3.05, 3.63) is 70.0 Å². The lowest BCUT2D eigenvalue weighted by molar-refractivity contribution is 0.0986. The Morgan fingerprint density at radius 1 is 0.964 bits per heavy atom. The van der Waals surface area contributed by atoms with Crippen LogP contribution in [0.4, 0.5) is 0 Å². The molecule has 0 fully saturated rings. The zero-order valence-corrected chi connectivity index (χ0v) is 15.5. The van der Waals surface area contributed by atoms with Crippen LogP contribution in [0.15, 0.2) is 53.5 Å². The third kappa shape index (κ3) is 3.96. The minimum Gasteiger partial charge on any atom is -0.497 e. The Morgan fingerprint density at radius 3 is 2.11 bits per heavy atom. The summed E-state index contributed by atoms with van der Waals surface area (Å²) in [5.41, 5.74) is 11.7. The van der Waals surface area contributed by atoms with E-state index in [1.54, 1.807) is 36.4 Å². The number of primary amides is 2. The van der Waals surface area contributed by atoms with E-state index >= 15 is 0 Å². The third-order valence-corrected chi connectivity index (χ3v) is 4.64. The summed E-state index contributed by atoms with van der Waals surface area (Å²) in [7, 11) is 1.52. The van der Waals surface area contributed by atoms with Crippen LogP contribution in [0.3, 0.4) is 0 Å². The van der Waals surface area contributed by atoms with Crippen LogP contribution in [0.1, 0.15) is 31.2 Å². The van der Waals surface area contributed by atoms with Crippen LogP contribution in [0.5, 0.6) is 5.75 Å². The van der Waals surface area contributed by atoms with Crippen molar-refractivity contribution in [1.29, 1.82) is 0 Å². The second-order valence-electron chi connectivity index (χ2n) is 5.54. The molecule has 2 aromatic carbocycles. The van der Waals surface area contributed by atoms with Crippen molar-refractivity contribution in [2.45, 2.75) is 0 Å². The van der Waals surface area contributed by atoms with Gasteiger partial charge in [0, 0.05) is 11.1 Å². The lowest BCUT2D eigenvalue weighted by Gasteiger charge is -2.00. The van der Waals surface area contributed by atoms with Gasteiger partial charge in [0.15, 0.2) is 10.4 Å². The molecule has 10 heteroatoms. The number of aromatic nitrogens is 2. The molecule has 0 aliphatic rings. The van der Waals surface area contributed by atoms with E-state index in [1.807, 2.05) is 0 Å². The van der Waals surface area contributed by atoms with Gasteiger partial charge in [-0.3, -0.25) is 14.4 Å². The van der Waals surface area contributed by atoms with Gasteiger partial charge in [-0.1, -0.05) is 0 Å². The maximum atomic E-state index is 12.4. The SMILES string of the molecule is COc1ccc(C(=O)N=c2sn(-c3ccc(C(N)=O)cc3)nc2C(N)=O)cc1. The van der Waals surface area contributed by atoms with Gasteiger partial charge >= 0.3 is 0 Å². The van der Waals surface area contributed by atoms with Crippen LogP contribution in [0.25, 0.3) is 5.69 Å². The Labute approximate surface area is 163 Å². The second kappa shape index (κ2) is 7.84. The highest BCUT2D eigenvalue weighted by Gasteiger charge is 2.15. The molecule has 1 aromatic heterocycles. The average Bonchev–Trinajstić information content (AvgIpc) is 3.12. The van der Waals surface area contributed by atoms with Crippen LogP contribution >= 0.6 is 11.5 Å². The van der Waals surface area contributed by atoms with E-state index in [-0.39, 0.29) is 10.4 Å². The summed E-state index contributed by atoms with van der Waals surface area (Å²) in [6, 6.07) is 12.6. The van der Waals surface area contributed by atoms with Crippen LogP contribution in [-0.2, 0) is 0 Å². The molecule has 142 valence electrons. The fourth-order valence-electron chi connectivity index (χ4n) is 2.26. The molecule has 28 heavy (non-hydrogen) atoms. The molecule has 3 aromatic rings. The summed E-state index contributed by atoms with van der Waals surface area (Å²) in [4.78, 5) is 39.3. The number of carbonyl (C=O) groups excluding carboxylic acids is 3. The first kappa shape index (κ1) is 19.0. The number of nitrogens with zero attached hydrogens (tertiary/aromatic N) is 3. The summed E-state index contributed by atoms with van der Waals surface area (Å²) in [6.07, 6.45) is 0. The number of hydrogen-bond donors (Lipinski definition) is 2. The van der Waals surface area contributed by atoms with Crippen molar-refractivity contribution < 1.29 is 19.1 Å². The number of rotatable bonds is 5. The summed E-state index contributed by atoms with van der Waals surface area (Å²) >= 11 is 0.962. The molecule has 9 nitrogen and oxygen atoms in total. The molecule has 0 radical (unpaired) electrons. The maximum Gasteiger partial charge on any atom is 0.278 e. The van der Waals surface area contributed by atoms with E-state index in [4.69, 9.17) is 16.2 Å². The lowest BCUT2D eigenvalue weighted by atomic mass is 10.2. The largest absolute Gasteiger partial charge is 0.497 e.